The highest BCUT2D eigenvalue weighted by Gasteiger charge is 2.28. The van der Waals surface area contributed by atoms with Gasteiger partial charge in [0.1, 0.15) is 12.7 Å². The number of amides is 1. The lowest BCUT2D eigenvalue weighted by Crippen LogP contribution is -2.43. The van der Waals surface area contributed by atoms with E-state index in [9.17, 15) is 34.1 Å². The zero-order valence-electron chi connectivity index (χ0n) is 33.8. The van der Waals surface area contributed by atoms with Gasteiger partial charge in [-0.3, -0.25) is 18.6 Å². The Morgan fingerprint density at radius 1 is 0.528 bits per heavy atom. The van der Waals surface area contributed by atoms with Crippen molar-refractivity contribution in [2.24, 2.45) is 0 Å². The molecule has 3 unspecified atom stereocenters. The standard InChI is InChI=1S/C41H80NO10P/c1-3-5-7-9-10-11-12-13-14-15-16-17-18-19-20-21-22-23-24-25-26-27-29-30-32-39(44)42-38(41(46)47)36-52-53(48,49)51-35-37(43)34-50-40(45)33-31-28-8-6-4-2/h37-38,43H,3-36H2,1-2H3,(H,42,44)(H,46,47)(H,48,49). The first-order valence-corrected chi connectivity index (χ1v) is 23.1. The molecule has 11 nitrogen and oxygen atoms in total. The Morgan fingerprint density at radius 3 is 1.25 bits per heavy atom. The minimum Gasteiger partial charge on any atom is -0.480 e. The molecular formula is C41H80NO10P. The highest BCUT2D eigenvalue weighted by atomic mass is 31.2. The van der Waals surface area contributed by atoms with E-state index in [1.54, 1.807) is 0 Å². The van der Waals surface area contributed by atoms with E-state index >= 15 is 0 Å². The van der Waals surface area contributed by atoms with E-state index in [1.807, 2.05) is 0 Å². The third kappa shape index (κ3) is 37.2. The summed E-state index contributed by atoms with van der Waals surface area (Å²) in [5.74, 6) is -2.37. The average molecular weight is 778 g/mol. The summed E-state index contributed by atoms with van der Waals surface area (Å²) in [6.45, 7) is 2.50. The number of carboxylic acids is 1. The van der Waals surface area contributed by atoms with E-state index in [2.05, 4.69) is 19.2 Å². The number of carbonyl (C=O) groups excluding carboxylic acids is 2. The number of carbonyl (C=O) groups is 3. The molecule has 0 radical (unpaired) electrons. The van der Waals surface area contributed by atoms with Crippen molar-refractivity contribution in [1.29, 1.82) is 0 Å². The van der Waals surface area contributed by atoms with Crippen molar-refractivity contribution in [3.63, 3.8) is 0 Å². The summed E-state index contributed by atoms with van der Waals surface area (Å²) < 4.78 is 26.6. The van der Waals surface area contributed by atoms with E-state index < -0.39 is 57.6 Å². The van der Waals surface area contributed by atoms with Crippen LogP contribution in [0.5, 0.6) is 0 Å². The van der Waals surface area contributed by atoms with Crippen molar-refractivity contribution in [2.75, 3.05) is 19.8 Å². The number of unbranched alkanes of at least 4 members (excludes halogenated alkanes) is 27. The molecule has 0 aromatic rings. The Morgan fingerprint density at radius 2 is 0.868 bits per heavy atom. The van der Waals surface area contributed by atoms with Gasteiger partial charge in [0.15, 0.2) is 6.04 Å². The van der Waals surface area contributed by atoms with Crippen molar-refractivity contribution < 1.29 is 47.8 Å². The van der Waals surface area contributed by atoms with E-state index in [-0.39, 0.29) is 12.8 Å². The Bertz CT molecular complexity index is 921. The van der Waals surface area contributed by atoms with E-state index in [1.165, 1.54) is 128 Å². The summed E-state index contributed by atoms with van der Waals surface area (Å²) in [5.41, 5.74) is 0. The molecule has 0 fully saturated rings. The summed E-state index contributed by atoms with van der Waals surface area (Å²) >= 11 is 0. The summed E-state index contributed by atoms with van der Waals surface area (Å²) in [5, 5.41) is 21.7. The smallest absolute Gasteiger partial charge is 0.472 e. The molecule has 0 rings (SSSR count). The first-order chi connectivity index (χ1) is 25.6. The zero-order valence-corrected chi connectivity index (χ0v) is 34.7. The van der Waals surface area contributed by atoms with Crippen LogP contribution < -0.4 is 5.32 Å². The van der Waals surface area contributed by atoms with Crippen LogP contribution in [-0.4, -0.2) is 64.9 Å². The SMILES string of the molecule is CCCCCCCCCCCCCCCCCCCCCCCCCCC(=O)NC(COP(=O)(O)OCC(O)COC(=O)CCCCCCC)C(=O)O. The minimum absolute atomic E-state index is 0.153. The molecule has 0 aliphatic carbocycles. The van der Waals surface area contributed by atoms with Crippen molar-refractivity contribution in [2.45, 2.75) is 225 Å². The van der Waals surface area contributed by atoms with Gasteiger partial charge in [0.05, 0.1) is 13.2 Å². The van der Waals surface area contributed by atoms with E-state index in [0.29, 0.717) is 12.8 Å². The van der Waals surface area contributed by atoms with Gasteiger partial charge in [-0.1, -0.05) is 187 Å². The summed E-state index contributed by atoms with van der Waals surface area (Å²) in [6.07, 6.45) is 34.8. The van der Waals surface area contributed by atoms with E-state index in [4.69, 9.17) is 13.8 Å². The second-order valence-corrected chi connectivity index (χ2v) is 16.4. The Labute approximate surface area is 323 Å². The van der Waals surface area contributed by atoms with Crippen molar-refractivity contribution in [3.05, 3.63) is 0 Å². The number of phosphoric ester groups is 1. The molecule has 0 spiro atoms. The molecule has 53 heavy (non-hydrogen) atoms. The number of aliphatic carboxylic acids is 1. The van der Waals surface area contributed by atoms with Crippen LogP contribution >= 0.6 is 7.82 Å². The van der Waals surface area contributed by atoms with Crippen LogP contribution in [0.15, 0.2) is 0 Å². The van der Waals surface area contributed by atoms with Crippen LogP contribution in [0.25, 0.3) is 0 Å². The minimum atomic E-state index is -4.74. The summed E-state index contributed by atoms with van der Waals surface area (Å²) in [4.78, 5) is 45.5. The molecule has 0 aliphatic rings. The predicted molar refractivity (Wildman–Crippen MR) is 213 cm³/mol. The van der Waals surface area contributed by atoms with Gasteiger partial charge >= 0.3 is 19.8 Å². The first kappa shape index (κ1) is 51.5. The van der Waals surface area contributed by atoms with Crippen molar-refractivity contribution in [1.82, 2.24) is 5.32 Å². The van der Waals surface area contributed by atoms with Crippen LogP contribution in [0, 0.1) is 0 Å². The fraction of sp³-hybridized carbons (Fsp3) is 0.927. The lowest BCUT2D eigenvalue weighted by molar-refractivity contribution is -0.147. The molecule has 0 saturated heterocycles. The number of hydrogen-bond acceptors (Lipinski definition) is 8. The predicted octanol–water partition coefficient (Wildman–Crippen LogP) is 10.7. The van der Waals surface area contributed by atoms with Crippen LogP contribution in [0.4, 0.5) is 0 Å². The van der Waals surface area contributed by atoms with E-state index in [0.717, 1.165) is 44.9 Å². The molecule has 0 saturated carbocycles. The van der Waals surface area contributed by atoms with Gasteiger partial charge < -0.3 is 25.2 Å². The Hall–Kier alpha value is -1.52. The second-order valence-electron chi connectivity index (χ2n) is 14.9. The second kappa shape index (κ2) is 37.4. The number of rotatable bonds is 41. The molecule has 0 aromatic heterocycles. The quantitative estimate of drug-likeness (QED) is 0.0266. The third-order valence-electron chi connectivity index (χ3n) is 9.65. The number of phosphoric acid groups is 1. The summed E-state index contributed by atoms with van der Waals surface area (Å²) in [6, 6.07) is -1.54. The molecule has 0 aromatic carbocycles. The number of esters is 1. The maximum atomic E-state index is 12.3. The number of carboxylic acid groups (broad SMARTS) is 1. The zero-order chi connectivity index (χ0) is 39.3. The molecule has 4 N–H and O–H groups in total. The molecule has 3 atom stereocenters. The number of aliphatic hydroxyl groups excluding tert-OH is 1. The molecule has 314 valence electrons. The Balaban J connectivity index is 3.74. The molecule has 0 heterocycles. The van der Waals surface area contributed by atoms with Crippen molar-refractivity contribution >= 4 is 25.7 Å². The number of nitrogens with one attached hydrogen (secondary N) is 1. The molecule has 0 aliphatic heterocycles. The monoisotopic (exact) mass is 778 g/mol. The first-order valence-electron chi connectivity index (χ1n) is 21.6. The number of aliphatic hydroxyl groups is 1. The van der Waals surface area contributed by atoms with Crippen LogP contribution in [-0.2, 0) is 32.7 Å². The molecule has 1 amide bonds. The number of ether oxygens (including phenoxy) is 1. The maximum absolute atomic E-state index is 12.3. The largest absolute Gasteiger partial charge is 0.480 e. The van der Waals surface area contributed by atoms with Gasteiger partial charge in [-0.15, -0.1) is 0 Å². The van der Waals surface area contributed by atoms with Crippen LogP contribution in [0.3, 0.4) is 0 Å². The normalized spacial score (nSPS) is 13.7. The average Bonchev–Trinajstić information content (AvgIpc) is 3.13. The molecule has 0 bridgehead atoms. The van der Waals surface area contributed by atoms with Gasteiger partial charge in [0.25, 0.3) is 0 Å². The lowest BCUT2D eigenvalue weighted by atomic mass is 10.0. The highest BCUT2D eigenvalue weighted by molar-refractivity contribution is 7.47. The van der Waals surface area contributed by atoms with Gasteiger partial charge in [-0.25, -0.2) is 9.36 Å². The maximum Gasteiger partial charge on any atom is 0.472 e. The van der Waals surface area contributed by atoms with Gasteiger partial charge in [0, 0.05) is 12.8 Å². The van der Waals surface area contributed by atoms with Crippen molar-refractivity contribution in [3.8, 4) is 0 Å². The Kier molecular flexibility index (Phi) is 36.3. The third-order valence-corrected chi connectivity index (χ3v) is 10.6. The topological polar surface area (TPSA) is 169 Å². The van der Waals surface area contributed by atoms with Gasteiger partial charge in [-0.05, 0) is 12.8 Å². The van der Waals surface area contributed by atoms with Crippen LogP contribution in [0.2, 0.25) is 0 Å². The highest BCUT2D eigenvalue weighted by Crippen LogP contribution is 2.43. The lowest BCUT2D eigenvalue weighted by Gasteiger charge is -2.18. The molecular weight excluding hydrogens is 697 g/mol. The fourth-order valence-corrected chi connectivity index (χ4v) is 7.03. The molecule has 12 heteroatoms. The van der Waals surface area contributed by atoms with Gasteiger partial charge in [0.2, 0.25) is 5.91 Å². The van der Waals surface area contributed by atoms with Gasteiger partial charge in [-0.2, -0.15) is 0 Å². The fourth-order valence-electron chi connectivity index (χ4n) is 6.26. The number of hydrogen-bond donors (Lipinski definition) is 4. The van der Waals surface area contributed by atoms with Crippen LogP contribution in [0.1, 0.15) is 213 Å². The summed E-state index contributed by atoms with van der Waals surface area (Å²) in [7, 11) is -4.74.